The van der Waals surface area contributed by atoms with Crippen LogP contribution in [0.1, 0.15) is 6.42 Å². The third-order valence-electron chi connectivity index (χ3n) is 4.56. The predicted octanol–water partition coefficient (Wildman–Crippen LogP) is 3.41. The van der Waals surface area contributed by atoms with E-state index in [2.05, 4.69) is 5.32 Å². The smallest absolute Gasteiger partial charge is 0.229 e. The molecule has 2 aromatic carbocycles. The van der Waals surface area contributed by atoms with E-state index >= 15 is 0 Å². The number of rotatable bonds is 5. The quantitative estimate of drug-likeness (QED) is 0.854. The number of carbonyl (C=O) groups is 2. The molecule has 0 saturated carbocycles. The Balaban J connectivity index is 1.78. The summed E-state index contributed by atoms with van der Waals surface area (Å²) in [6, 6.07) is 12.7. The highest BCUT2D eigenvalue weighted by Crippen LogP contribution is 2.35. The highest BCUT2D eigenvalue weighted by Gasteiger charge is 2.36. The van der Waals surface area contributed by atoms with Crippen molar-refractivity contribution in [3.8, 4) is 5.75 Å². The lowest BCUT2D eigenvalue weighted by Crippen LogP contribution is -2.28. The first kappa shape index (κ1) is 19.0. The summed E-state index contributed by atoms with van der Waals surface area (Å²) < 4.78 is 5.34. The van der Waals surface area contributed by atoms with Crippen LogP contribution < -0.4 is 19.9 Å². The van der Waals surface area contributed by atoms with Crippen molar-refractivity contribution in [3.05, 3.63) is 47.5 Å². The maximum atomic E-state index is 12.8. The van der Waals surface area contributed by atoms with Gasteiger partial charge in [-0.25, -0.2) is 0 Å². The molecule has 0 spiro atoms. The van der Waals surface area contributed by atoms with Crippen molar-refractivity contribution in [1.29, 1.82) is 0 Å². The molecular weight excluding hydrogens is 366 g/mol. The molecule has 142 valence electrons. The predicted molar refractivity (Wildman–Crippen MR) is 108 cm³/mol. The van der Waals surface area contributed by atoms with Gasteiger partial charge in [0.25, 0.3) is 0 Å². The summed E-state index contributed by atoms with van der Waals surface area (Å²) in [6.45, 7) is 0.308. The summed E-state index contributed by atoms with van der Waals surface area (Å²) in [4.78, 5) is 28.7. The van der Waals surface area contributed by atoms with Crippen LogP contribution in [0, 0.1) is 5.92 Å². The van der Waals surface area contributed by atoms with Gasteiger partial charge >= 0.3 is 0 Å². The molecular formula is C20H22ClN3O3. The summed E-state index contributed by atoms with van der Waals surface area (Å²) in [6.07, 6.45) is 0.155. The van der Waals surface area contributed by atoms with Crippen LogP contribution in [0.25, 0.3) is 0 Å². The van der Waals surface area contributed by atoms with Gasteiger partial charge in [0, 0.05) is 27.1 Å². The van der Waals surface area contributed by atoms with Crippen molar-refractivity contribution in [2.24, 2.45) is 5.92 Å². The number of nitrogens with one attached hydrogen (secondary N) is 1. The number of methoxy groups -OCH3 is 1. The van der Waals surface area contributed by atoms with Crippen molar-refractivity contribution in [2.75, 3.05) is 42.9 Å². The highest BCUT2D eigenvalue weighted by molar-refractivity contribution is 6.34. The van der Waals surface area contributed by atoms with Gasteiger partial charge in [-0.15, -0.1) is 0 Å². The molecule has 1 aliphatic heterocycles. The van der Waals surface area contributed by atoms with Crippen molar-refractivity contribution >= 4 is 40.5 Å². The van der Waals surface area contributed by atoms with E-state index in [0.29, 0.717) is 28.7 Å². The highest BCUT2D eigenvalue weighted by atomic mass is 35.5. The Morgan fingerprint density at radius 2 is 1.96 bits per heavy atom. The Kier molecular flexibility index (Phi) is 5.56. The maximum Gasteiger partial charge on any atom is 0.229 e. The first-order valence-electron chi connectivity index (χ1n) is 8.62. The van der Waals surface area contributed by atoms with Crippen LogP contribution in [-0.4, -0.2) is 39.6 Å². The molecule has 2 aromatic rings. The molecule has 1 heterocycles. The van der Waals surface area contributed by atoms with Gasteiger partial charge in [-0.1, -0.05) is 29.8 Å². The van der Waals surface area contributed by atoms with Gasteiger partial charge in [0.05, 0.1) is 35.1 Å². The van der Waals surface area contributed by atoms with E-state index < -0.39 is 5.92 Å². The van der Waals surface area contributed by atoms with Gasteiger partial charge < -0.3 is 19.9 Å². The number of para-hydroxylation sites is 3. The molecule has 0 aromatic heterocycles. The number of ether oxygens (including phenoxy) is 1. The zero-order chi connectivity index (χ0) is 19.6. The molecule has 7 heteroatoms. The number of nitrogens with zero attached hydrogens (tertiary/aromatic N) is 2. The minimum absolute atomic E-state index is 0.0985. The fourth-order valence-corrected chi connectivity index (χ4v) is 3.62. The molecule has 27 heavy (non-hydrogen) atoms. The van der Waals surface area contributed by atoms with Crippen molar-refractivity contribution in [2.45, 2.75) is 6.42 Å². The number of halogens is 1. The summed E-state index contributed by atoms with van der Waals surface area (Å²) in [5.41, 5.74) is 2.04. The summed E-state index contributed by atoms with van der Waals surface area (Å²) in [5, 5.41) is 3.47. The van der Waals surface area contributed by atoms with Crippen molar-refractivity contribution in [3.63, 3.8) is 0 Å². The number of anilines is 3. The SMILES string of the molecule is COc1ccccc1N1CC(C(=O)Nc2cccc(Cl)c2N(C)C)CC1=O. The van der Waals surface area contributed by atoms with Crippen LogP contribution in [0.4, 0.5) is 17.1 Å². The van der Waals surface area contributed by atoms with Crippen molar-refractivity contribution in [1.82, 2.24) is 0 Å². The third kappa shape index (κ3) is 3.85. The Morgan fingerprint density at radius 3 is 2.67 bits per heavy atom. The second-order valence-corrected chi connectivity index (χ2v) is 7.00. The van der Waals surface area contributed by atoms with E-state index in [1.165, 1.54) is 0 Å². The normalized spacial score (nSPS) is 16.4. The largest absolute Gasteiger partial charge is 0.495 e. The van der Waals surface area contributed by atoms with Gasteiger partial charge in [0.15, 0.2) is 0 Å². The minimum atomic E-state index is -0.448. The van der Waals surface area contributed by atoms with Crippen LogP contribution in [0.15, 0.2) is 42.5 Å². The van der Waals surface area contributed by atoms with Crippen LogP contribution in [0.2, 0.25) is 5.02 Å². The number of amides is 2. The van der Waals surface area contributed by atoms with Crippen LogP contribution in [-0.2, 0) is 9.59 Å². The summed E-state index contributed by atoms with van der Waals surface area (Å²) in [5.74, 6) is -0.141. The van der Waals surface area contributed by atoms with Crippen LogP contribution in [0.5, 0.6) is 5.75 Å². The molecule has 6 nitrogen and oxygen atoms in total. The van der Waals surface area contributed by atoms with E-state index in [0.717, 1.165) is 5.69 Å². The Bertz CT molecular complexity index is 869. The summed E-state index contributed by atoms with van der Waals surface area (Å²) >= 11 is 6.26. The molecule has 0 radical (unpaired) electrons. The molecule has 1 N–H and O–H groups in total. The van der Waals surface area contributed by atoms with E-state index in [1.54, 1.807) is 36.3 Å². The van der Waals surface area contributed by atoms with Gasteiger partial charge in [0.2, 0.25) is 11.8 Å². The molecule has 0 aliphatic carbocycles. The average molecular weight is 388 g/mol. The van der Waals surface area contributed by atoms with Gasteiger partial charge in [-0.2, -0.15) is 0 Å². The lowest BCUT2D eigenvalue weighted by atomic mass is 10.1. The molecule has 1 fully saturated rings. The molecule has 1 unspecified atom stereocenters. The number of hydrogen-bond donors (Lipinski definition) is 1. The average Bonchev–Trinajstić information content (AvgIpc) is 3.03. The van der Waals surface area contributed by atoms with Crippen LogP contribution >= 0.6 is 11.6 Å². The van der Waals surface area contributed by atoms with E-state index in [1.807, 2.05) is 37.2 Å². The molecule has 0 bridgehead atoms. The van der Waals surface area contributed by atoms with E-state index in [-0.39, 0.29) is 18.2 Å². The topological polar surface area (TPSA) is 61.9 Å². The Morgan fingerprint density at radius 1 is 1.22 bits per heavy atom. The van der Waals surface area contributed by atoms with Crippen molar-refractivity contribution < 1.29 is 14.3 Å². The molecule has 2 amide bonds. The van der Waals surface area contributed by atoms with Gasteiger partial charge in [-0.3, -0.25) is 9.59 Å². The standard InChI is InChI=1S/C20H22ClN3O3/c1-23(2)19-14(21)7-6-8-15(19)22-20(26)13-11-18(25)24(12-13)16-9-4-5-10-17(16)27-3/h4-10,13H,11-12H2,1-3H3,(H,22,26). The third-order valence-corrected chi connectivity index (χ3v) is 4.87. The second kappa shape index (κ2) is 7.88. The lowest BCUT2D eigenvalue weighted by molar-refractivity contribution is -0.122. The fourth-order valence-electron chi connectivity index (χ4n) is 3.27. The zero-order valence-corrected chi connectivity index (χ0v) is 16.3. The Hall–Kier alpha value is -2.73. The first-order chi connectivity index (χ1) is 12.9. The molecule has 1 saturated heterocycles. The van der Waals surface area contributed by atoms with Gasteiger partial charge in [-0.05, 0) is 24.3 Å². The maximum absolute atomic E-state index is 12.8. The number of hydrogen-bond acceptors (Lipinski definition) is 4. The lowest BCUT2D eigenvalue weighted by Gasteiger charge is -2.21. The van der Waals surface area contributed by atoms with E-state index in [9.17, 15) is 9.59 Å². The number of benzene rings is 2. The molecule has 1 atom stereocenters. The summed E-state index contributed by atoms with van der Waals surface area (Å²) in [7, 11) is 5.28. The van der Waals surface area contributed by atoms with E-state index in [4.69, 9.17) is 16.3 Å². The Labute approximate surface area is 163 Å². The molecule has 3 rings (SSSR count). The number of carbonyl (C=O) groups excluding carboxylic acids is 2. The molecule has 1 aliphatic rings. The second-order valence-electron chi connectivity index (χ2n) is 6.60. The monoisotopic (exact) mass is 387 g/mol. The minimum Gasteiger partial charge on any atom is -0.495 e. The first-order valence-corrected chi connectivity index (χ1v) is 9.00. The zero-order valence-electron chi connectivity index (χ0n) is 15.5. The van der Waals surface area contributed by atoms with Crippen LogP contribution in [0.3, 0.4) is 0 Å². The fraction of sp³-hybridized carbons (Fsp3) is 0.300. The van der Waals surface area contributed by atoms with Gasteiger partial charge in [0.1, 0.15) is 5.75 Å².